The third-order valence-electron chi connectivity index (χ3n) is 6.46. The molecule has 0 spiro atoms. The third-order valence-corrected chi connectivity index (χ3v) is 9.13. The molecule has 3 unspecified atom stereocenters. The van der Waals surface area contributed by atoms with Gasteiger partial charge in [0, 0.05) is 37.1 Å². The van der Waals surface area contributed by atoms with E-state index in [0.29, 0.717) is 12.3 Å². The molecule has 2 fully saturated rings. The molecule has 2 aliphatic rings. The number of carbonyl (C=O) groups is 1. The van der Waals surface area contributed by atoms with Crippen molar-refractivity contribution in [3.8, 4) is 11.4 Å². The summed E-state index contributed by atoms with van der Waals surface area (Å²) in [4.78, 5) is 18.6. The maximum Gasteiger partial charge on any atom is 0.233 e. The van der Waals surface area contributed by atoms with Crippen LogP contribution in [0.2, 0.25) is 0 Å². The predicted octanol–water partition coefficient (Wildman–Crippen LogP) is 2.83. The van der Waals surface area contributed by atoms with E-state index in [0.717, 1.165) is 29.4 Å². The molecule has 0 radical (unpaired) electrons. The molecule has 1 amide bonds. The average Bonchev–Trinajstić information content (AvgIpc) is 3.35. The van der Waals surface area contributed by atoms with Crippen molar-refractivity contribution in [3.05, 3.63) is 24.5 Å². The lowest BCUT2D eigenvalue weighted by Crippen LogP contribution is -2.38. The van der Waals surface area contributed by atoms with Crippen molar-refractivity contribution >= 4 is 27.5 Å². The summed E-state index contributed by atoms with van der Waals surface area (Å²) in [6.45, 7) is 2.27. The van der Waals surface area contributed by atoms with Crippen molar-refractivity contribution in [2.45, 2.75) is 56.3 Å². The zero-order valence-electron chi connectivity index (χ0n) is 18.0. The van der Waals surface area contributed by atoms with Gasteiger partial charge in [-0.2, -0.15) is 0 Å². The van der Waals surface area contributed by atoms with Crippen LogP contribution in [0.1, 0.15) is 45.1 Å². The second kappa shape index (κ2) is 9.28. The van der Waals surface area contributed by atoms with Crippen molar-refractivity contribution in [1.29, 1.82) is 0 Å². The fourth-order valence-electron chi connectivity index (χ4n) is 4.56. The standard InChI is InChI=1S/C21H29N5O3S2/c1-15-6-3-4-8-18(15)26-20(16-7-5-10-22-12-16)23-24-21(26)30-13-19(27)25(2)17-9-11-31(28,29)14-17/h5,7,10,12,15,17-18H,3-4,6,8-9,11,13-14H2,1-2H3. The molecule has 1 aliphatic heterocycles. The third kappa shape index (κ3) is 4.95. The van der Waals surface area contributed by atoms with E-state index in [4.69, 9.17) is 0 Å². The molecule has 3 heterocycles. The van der Waals surface area contributed by atoms with Crippen LogP contribution in [0.15, 0.2) is 29.7 Å². The van der Waals surface area contributed by atoms with E-state index < -0.39 is 9.84 Å². The Kier molecular flexibility index (Phi) is 6.66. The van der Waals surface area contributed by atoms with Crippen LogP contribution in [0.25, 0.3) is 11.4 Å². The van der Waals surface area contributed by atoms with Crippen LogP contribution < -0.4 is 0 Å². The molecule has 8 nitrogen and oxygen atoms in total. The fourth-order valence-corrected chi connectivity index (χ4v) is 7.25. The Morgan fingerprint density at radius 1 is 1.26 bits per heavy atom. The van der Waals surface area contributed by atoms with Gasteiger partial charge in [-0.15, -0.1) is 10.2 Å². The first-order valence-corrected chi connectivity index (χ1v) is 13.6. The summed E-state index contributed by atoms with van der Waals surface area (Å²) < 4.78 is 25.7. The quantitative estimate of drug-likeness (QED) is 0.608. The van der Waals surface area contributed by atoms with Gasteiger partial charge in [0.05, 0.1) is 17.3 Å². The van der Waals surface area contributed by atoms with Crippen LogP contribution in [0.4, 0.5) is 0 Å². The van der Waals surface area contributed by atoms with Crippen molar-refractivity contribution in [2.24, 2.45) is 5.92 Å². The van der Waals surface area contributed by atoms with E-state index in [1.54, 1.807) is 24.3 Å². The number of amides is 1. The SMILES string of the molecule is CC1CCCCC1n1c(SCC(=O)N(C)C2CCS(=O)(=O)C2)nnc1-c1cccnc1. The molecule has 3 atom stereocenters. The van der Waals surface area contributed by atoms with Crippen LogP contribution in [-0.2, 0) is 14.6 Å². The number of carbonyl (C=O) groups excluding carboxylic acids is 1. The Hall–Kier alpha value is -1.94. The molecule has 1 saturated carbocycles. The normalized spacial score (nSPS) is 25.4. The molecular weight excluding hydrogens is 434 g/mol. The van der Waals surface area contributed by atoms with Gasteiger partial charge in [-0.25, -0.2) is 8.42 Å². The van der Waals surface area contributed by atoms with Gasteiger partial charge in [-0.05, 0) is 37.3 Å². The van der Waals surface area contributed by atoms with E-state index in [9.17, 15) is 13.2 Å². The highest BCUT2D eigenvalue weighted by atomic mass is 32.2. The van der Waals surface area contributed by atoms with Crippen molar-refractivity contribution < 1.29 is 13.2 Å². The first-order chi connectivity index (χ1) is 14.9. The van der Waals surface area contributed by atoms with Gasteiger partial charge in [0.25, 0.3) is 0 Å². The number of hydrogen-bond donors (Lipinski definition) is 0. The number of pyridine rings is 1. The molecule has 31 heavy (non-hydrogen) atoms. The van der Waals surface area contributed by atoms with Crippen molar-refractivity contribution in [1.82, 2.24) is 24.6 Å². The Morgan fingerprint density at radius 2 is 2.06 bits per heavy atom. The van der Waals surface area contributed by atoms with Crippen LogP contribution in [-0.4, -0.2) is 69.3 Å². The second-order valence-corrected chi connectivity index (χ2v) is 11.8. The zero-order valence-corrected chi connectivity index (χ0v) is 19.6. The first-order valence-electron chi connectivity index (χ1n) is 10.8. The molecular formula is C21H29N5O3S2. The summed E-state index contributed by atoms with van der Waals surface area (Å²) in [5.74, 6) is 1.63. The van der Waals surface area contributed by atoms with E-state index in [1.807, 2.05) is 12.1 Å². The second-order valence-electron chi connectivity index (χ2n) is 8.60. The van der Waals surface area contributed by atoms with Gasteiger partial charge in [0.2, 0.25) is 5.91 Å². The minimum absolute atomic E-state index is 0.0564. The number of rotatable bonds is 6. The molecule has 2 aromatic rings. The van der Waals surface area contributed by atoms with Crippen molar-refractivity contribution in [3.63, 3.8) is 0 Å². The van der Waals surface area contributed by atoms with Crippen molar-refractivity contribution in [2.75, 3.05) is 24.3 Å². The summed E-state index contributed by atoms with van der Waals surface area (Å²) in [6.07, 6.45) is 8.67. The highest BCUT2D eigenvalue weighted by Crippen LogP contribution is 2.39. The molecule has 1 aliphatic carbocycles. The minimum Gasteiger partial charge on any atom is -0.341 e. The summed E-state index contributed by atoms with van der Waals surface area (Å²) >= 11 is 1.38. The van der Waals surface area contributed by atoms with Crippen LogP contribution in [0, 0.1) is 5.92 Å². The zero-order chi connectivity index (χ0) is 22.0. The molecule has 1 saturated heterocycles. The topological polar surface area (TPSA) is 98.1 Å². The lowest BCUT2D eigenvalue weighted by atomic mass is 9.85. The summed E-state index contributed by atoms with van der Waals surface area (Å²) in [7, 11) is -1.33. The number of hydrogen-bond acceptors (Lipinski definition) is 7. The van der Waals surface area contributed by atoms with Gasteiger partial charge in [-0.3, -0.25) is 14.3 Å². The molecule has 2 aromatic heterocycles. The maximum atomic E-state index is 12.8. The molecule has 0 bridgehead atoms. The van der Waals surface area contributed by atoms with Crippen LogP contribution >= 0.6 is 11.8 Å². The monoisotopic (exact) mass is 463 g/mol. The lowest BCUT2D eigenvalue weighted by Gasteiger charge is -2.31. The molecule has 4 rings (SSSR count). The van der Waals surface area contributed by atoms with Gasteiger partial charge in [-0.1, -0.05) is 31.5 Å². The van der Waals surface area contributed by atoms with Crippen LogP contribution in [0.5, 0.6) is 0 Å². The molecule has 168 valence electrons. The maximum absolute atomic E-state index is 12.8. The Labute approximate surface area is 187 Å². The van der Waals surface area contributed by atoms with Crippen LogP contribution in [0.3, 0.4) is 0 Å². The van der Waals surface area contributed by atoms with Gasteiger partial charge in [0.15, 0.2) is 20.8 Å². The molecule has 0 aromatic carbocycles. The van der Waals surface area contributed by atoms with E-state index in [2.05, 4.69) is 26.7 Å². The van der Waals surface area contributed by atoms with Gasteiger partial charge in [0.1, 0.15) is 0 Å². The smallest absolute Gasteiger partial charge is 0.233 e. The number of nitrogens with zero attached hydrogens (tertiary/aromatic N) is 5. The highest BCUT2D eigenvalue weighted by Gasteiger charge is 2.33. The first kappa shape index (κ1) is 22.3. The summed E-state index contributed by atoms with van der Waals surface area (Å²) in [6, 6.07) is 3.92. The average molecular weight is 464 g/mol. The summed E-state index contributed by atoms with van der Waals surface area (Å²) in [5.41, 5.74) is 0.916. The van der Waals surface area contributed by atoms with Gasteiger partial charge < -0.3 is 4.90 Å². The minimum atomic E-state index is -3.03. The van der Waals surface area contributed by atoms with E-state index in [1.165, 1.54) is 24.6 Å². The highest BCUT2D eigenvalue weighted by molar-refractivity contribution is 7.99. The largest absolute Gasteiger partial charge is 0.341 e. The van der Waals surface area contributed by atoms with E-state index in [-0.39, 0.29) is 35.2 Å². The van der Waals surface area contributed by atoms with E-state index >= 15 is 0 Å². The Bertz CT molecular complexity index is 1020. The number of aromatic nitrogens is 4. The Balaban J connectivity index is 1.54. The number of sulfone groups is 1. The molecule has 10 heteroatoms. The lowest BCUT2D eigenvalue weighted by molar-refractivity contribution is -0.128. The predicted molar refractivity (Wildman–Crippen MR) is 120 cm³/mol. The Morgan fingerprint density at radius 3 is 2.74 bits per heavy atom. The molecule has 0 N–H and O–H groups in total. The number of thioether (sulfide) groups is 1. The summed E-state index contributed by atoms with van der Waals surface area (Å²) in [5, 5.41) is 9.63. The van der Waals surface area contributed by atoms with Gasteiger partial charge >= 0.3 is 0 Å². The fraction of sp³-hybridized carbons (Fsp3) is 0.619.